The summed E-state index contributed by atoms with van der Waals surface area (Å²) >= 11 is 12.9. The maximum atomic E-state index is 16.4. The summed E-state index contributed by atoms with van der Waals surface area (Å²) < 4.78 is 19.6. The van der Waals surface area contributed by atoms with Gasteiger partial charge in [0.15, 0.2) is 0 Å². The summed E-state index contributed by atoms with van der Waals surface area (Å²) in [7, 11) is 1.78. The molecule has 2 spiro atoms. The third-order valence-corrected chi connectivity index (χ3v) is 16.6. The molecule has 2 aliphatic carbocycles. The molecule has 5 heterocycles. The van der Waals surface area contributed by atoms with Crippen LogP contribution in [0.3, 0.4) is 0 Å². The lowest BCUT2D eigenvalue weighted by Gasteiger charge is -2.47. The van der Waals surface area contributed by atoms with E-state index in [4.69, 9.17) is 23.2 Å². The zero-order valence-electron chi connectivity index (χ0n) is 36.4. The Kier molecular flexibility index (Phi) is 11.3. The Labute approximate surface area is 382 Å². The zero-order valence-corrected chi connectivity index (χ0v) is 37.9. The van der Waals surface area contributed by atoms with Gasteiger partial charge in [0.2, 0.25) is 23.6 Å². The second-order valence-electron chi connectivity index (χ2n) is 19.5. The van der Waals surface area contributed by atoms with Gasteiger partial charge in [0, 0.05) is 48.2 Å². The second-order valence-corrected chi connectivity index (χ2v) is 20.3. The number of anilines is 1. The van der Waals surface area contributed by atoms with Gasteiger partial charge in [-0.05, 0) is 136 Å². The van der Waals surface area contributed by atoms with Crippen molar-refractivity contribution in [2.75, 3.05) is 25.0 Å². The van der Waals surface area contributed by atoms with Gasteiger partial charge in [-0.3, -0.25) is 38.9 Å². The highest BCUT2D eigenvalue weighted by Crippen LogP contribution is 2.63. The molecule has 4 N–H and O–H groups in total. The normalized spacial score (nSPS) is 28.5. The van der Waals surface area contributed by atoms with E-state index in [9.17, 15) is 24.0 Å². The predicted octanol–water partition coefficient (Wildman–Crippen LogP) is 7.28. The minimum absolute atomic E-state index is 0.0464. The van der Waals surface area contributed by atoms with Crippen LogP contribution in [0.1, 0.15) is 124 Å². The lowest BCUT2D eigenvalue weighted by atomic mass is 9.55. The molecule has 15 heteroatoms. The number of carbonyl (C=O) groups excluding carboxylic acids is 4. The van der Waals surface area contributed by atoms with Gasteiger partial charge in [-0.2, -0.15) is 0 Å². The van der Waals surface area contributed by atoms with Crippen LogP contribution in [0, 0.1) is 18.7 Å². The van der Waals surface area contributed by atoms with Gasteiger partial charge < -0.3 is 15.5 Å². The number of aryl methyl sites for hydroxylation is 2. The van der Waals surface area contributed by atoms with Crippen molar-refractivity contribution in [2.24, 2.45) is 13.0 Å². The molecule has 4 atom stereocenters. The molecule has 12 nitrogen and oxygen atoms in total. The fourth-order valence-electron chi connectivity index (χ4n) is 13.1. The molecule has 4 aromatic rings. The summed E-state index contributed by atoms with van der Waals surface area (Å²) in [5.74, 6) is -1.93. The number of halogens is 3. The molecule has 5 fully saturated rings. The van der Waals surface area contributed by atoms with Crippen LogP contribution in [0.4, 0.5) is 10.1 Å². The number of nitrogens with one attached hydrogen (secondary N) is 4. The van der Waals surface area contributed by atoms with E-state index in [2.05, 4.69) is 39.2 Å². The van der Waals surface area contributed by atoms with Crippen molar-refractivity contribution in [3.8, 4) is 0 Å². The standard InChI is InChI=1S/C49H56Cl2FN7O5/c1-27-9-16-36-43(57(2)47(64)59(36)37-17-18-38(60)55-44(37)61)39(27)29-19-23-58(24-20-29)26-28-10-13-31(14-11-28)53-45(62)42-40(32-7-6-8-34(51)41(32)52)49(48(56-42)21-4-3-5-22-48)33-15-12-30(50)25-35(33)54-46(49)63/h6-9,12,15-16,25,28-29,31,37,40,42,56H,3-5,10-11,13-14,17-24,26H2,1-2H3,(H,53,62)(H,54,63)(H,55,60,61)/t28-,31-,37?,40-,42+,49+/m0/s1. The highest BCUT2D eigenvalue weighted by atomic mass is 35.5. The number of imide groups is 1. The number of nitrogens with zero attached hydrogens (tertiary/aromatic N) is 3. The van der Waals surface area contributed by atoms with Gasteiger partial charge in [-0.25, -0.2) is 9.18 Å². The zero-order chi connectivity index (χ0) is 44.7. The molecule has 6 aliphatic rings. The van der Waals surface area contributed by atoms with Gasteiger partial charge in [-0.1, -0.05) is 66.7 Å². The lowest BCUT2D eigenvalue weighted by molar-refractivity contribution is -0.136. The number of benzene rings is 3. The minimum Gasteiger partial charge on any atom is -0.352 e. The van der Waals surface area contributed by atoms with Crippen LogP contribution >= 0.6 is 23.2 Å². The Bertz CT molecular complexity index is 2620. The van der Waals surface area contributed by atoms with Crippen molar-refractivity contribution in [1.82, 2.24) is 30.0 Å². The van der Waals surface area contributed by atoms with Crippen LogP contribution in [0.2, 0.25) is 10.0 Å². The molecule has 1 unspecified atom stereocenters. The molecule has 3 aromatic carbocycles. The fourth-order valence-corrected chi connectivity index (χ4v) is 13.5. The minimum atomic E-state index is -1.27. The molecule has 4 amide bonds. The molecule has 3 saturated heterocycles. The molecule has 1 aromatic heterocycles. The van der Waals surface area contributed by atoms with Crippen molar-refractivity contribution in [1.29, 1.82) is 0 Å². The molecule has 2 saturated carbocycles. The summed E-state index contributed by atoms with van der Waals surface area (Å²) in [5, 5.41) is 13.1. The molecule has 64 heavy (non-hydrogen) atoms. The maximum absolute atomic E-state index is 16.4. The summed E-state index contributed by atoms with van der Waals surface area (Å²) in [5.41, 5.74) is 3.19. The highest BCUT2D eigenvalue weighted by molar-refractivity contribution is 6.31. The van der Waals surface area contributed by atoms with Crippen molar-refractivity contribution in [3.05, 3.63) is 97.1 Å². The van der Waals surface area contributed by atoms with E-state index in [0.717, 1.165) is 99.6 Å². The number of imidazole rings is 1. The highest BCUT2D eigenvalue weighted by Gasteiger charge is 2.72. The van der Waals surface area contributed by atoms with Gasteiger partial charge in [0.05, 0.1) is 22.1 Å². The van der Waals surface area contributed by atoms with Crippen molar-refractivity contribution in [2.45, 2.75) is 131 Å². The van der Waals surface area contributed by atoms with E-state index in [1.165, 1.54) is 11.6 Å². The number of aromatic nitrogens is 2. The monoisotopic (exact) mass is 911 g/mol. The van der Waals surface area contributed by atoms with Gasteiger partial charge in [0.1, 0.15) is 17.3 Å². The summed E-state index contributed by atoms with van der Waals surface area (Å²) in [6, 6.07) is 12.6. The van der Waals surface area contributed by atoms with Crippen LogP contribution in [0.15, 0.2) is 53.3 Å². The number of rotatable bonds is 7. The third-order valence-electron chi connectivity index (χ3n) is 16.0. The number of hydrogen-bond donors (Lipinski definition) is 4. The van der Waals surface area contributed by atoms with Gasteiger partial charge >= 0.3 is 5.69 Å². The van der Waals surface area contributed by atoms with Gasteiger partial charge in [-0.15, -0.1) is 0 Å². The number of fused-ring (bicyclic) bond motifs is 4. The van der Waals surface area contributed by atoms with E-state index in [-0.39, 0.29) is 52.4 Å². The van der Waals surface area contributed by atoms with Crippen LogP contribution in [0.25, 0.3) is 11.0 Å². The Morgan fingerprint density at radius 1 is 0.906 bits per heavy atom. The maximum Gasteiger partial charge on any atom is 0.329 e. The summed E-state index contributed by atoms with van der Waals surface area (Å²) in [6.07, 6.45) is 10.1. The van der Waals surface area contributed by atoms with E-state index in [1.807, 2.05) is 12.1 Å². The number of carbonyl (C=O) groups is 4. The molecule has 338 valence electrons. The molecular weight excluding hydrogens is 856 g/mol. The first-order chi connectivity index (χ1) is 30.8. The van der Waals surface area contributed by atoms with Gasteiger partial charge in [0.25, 0.3) is 0 Å². The molecule has 0 bridgehead atoms. The molecule has 4 aliphatic heterocycles. The second kappa shape index (κ2) is 16.7. The largest absolute Gasteiger partial charge is 0.352 e. The Hall–Kier alpha value is -4.56. The van der Waals surface area contributed by atoms with E-state index < -0.39 is 40.7 Å². The van der Waals surface area contributed by atoms with Crippen LogP contribution in [-0.2, 0) is 31.6 Å². The molecule has 0 radical (unpaired) electrons. The van der Waals surface area contributed by atoms with E-state index in [1.54, 1.807) is 40.4 Å². The average Bonchev–Trinajstić information content (AvgIpc) is 3.83. The predicted molar refractivity (Wildman–Crippen MR) is 244 cm³/mol. The topological polar surface area (TPSA) is 147 Å². The fraction of sp³-hybridized carbons (Fsp3) is 0.531. The van der Waals surface area contributed by atoms with E-state index in [0.29, 0.717) is 35.9 Å². The first-order valence-corrected chi connectivity index (χ1v) is 24.0. The molecular formula is C49H56Cl2FN7O5. The Morgan fingerprint density at radius 2 is 1.66 bits per heavy atom. The summed E-state index contributed by atoms with van der Waals surface area (Å²) in [4.78, 5) is 70.4. The van der Waals surface area contributed by atoms with Crippen LogP contribution < -0.4 is 27.0 Å². The van der Waals surface area contributed by atoms with Crippen molar-refractivity contribution >= 4 is 63.6 Å². The number of likely N-dealkylation sites (tertiary alicyclic amines) is 1. The molecule has 10 rings (SSSR count). The quantitative estimate of drug-likeness (QED) is 0.143. The number of hydrogen-bond acceptors (Lipinski definition) is 7. The van der Waals surface area contributed by atoms with Crippen LogP contribution in [0.5, 0.6) is 0 Å². The Morgan fingerprint density at radius 3 is 2.39 bits per heavy atom. The number of amides is 4. The SMILES string of the molecule is Cc1ccc2c(c1C1CCN(C[C@H]3CC[C@H](NC(=O)[C@@H]4NC5(CCCCC5)[C@@]5(C(=O)Nc6cc(Cl)ccc65)[C@H]4c4cccc(Cl)c4F)CC3)CC1)n(C)c(=O)n2C1CCC(=O)NC1=O. The smallest absolute Gasteiger partial charge is 0.329 e. The average molecular weight is 913 g/mol. The lowest BCUT2D eigenvalue weighted by Crippen LogP contribution is -2.60. The third kappa shape index (κ3) is 6.93. The van der Waals surface area contributed by atoms with E-state index >= 15 is 4.39 Å². The first-order valence-electron chi connectivity index (χ1n) is 23.2. The van der Waals surface area contributed by atoms with Crippen molar-refractivity contribution < 1.29 is 23.6 Å². The first kappa shape index (κ1) is 43.3. The van der Waals surface area contributed by atoms with Crippen molar-refractivity contribution in [3.63, 3.8) is 0 Å². The Balaban J connectivity index is 0.822. The summed E-state index contributed by atoms with van der Waals surface area (Å²) in [6.45, 7) is 4.93. The van der Waals surface area contributed by atoms with Crippen LogP contribution in [-0.4, -0.2) is 74.9 Å². The number of piperidine rings is 2.